The molecular weight excluding hydrogens is 454 g/mol. The Morgan fingerprint density at radius 1 is 0.600 bits per heavy atom. The van der Waals surface area contributed by atoms with E-state index in [0.29, 0.717) is 17.4 Å². The molecule has 1 aromatic carbocycles. The van der Waals surface area contributed by atoms with Crippen molar-refractivity contribution in [3.63, 3.8) is 0 Å². The maximum absolute atomic E-state index is 11.6. The molecule has 7 atom stereocenters. The van der Waals surface area contributed by atoms with E-state index in [1.165, 1.54) is 38.2 Å². The van der Waals surface area contributed by atoms with E-state index in [9.17, 15) is 13.0 Å². The molecule has 5 heteroatoms. The van der Waals surface area contributed by atoms with Gasteiger partial charge in [0.25, 0.3) is 0 Å². The Bertz CT molecular complexity index is 808. The van der Waals surface area contributed by atoms with Crippen molar-refractivity contribution < 1.29 is 13.0 Å². The molecule has 0 radical (unpaired) electrons. The van der Waals surface area contributed by atoms with Crippen molar-refractivity contribution in [3.8, 4) is 0 Å². The highest BCUT2D eigenvalue weighted by Gasteiger charge is 2.20. The highest BCUT2D eigenvalue weighted by Crippen LogP contribution is 2.33. The van der Waals surface area contributed by atoms with Gasteiger partial charge in [0.05, 0.1) is 4.90 Å². The number of hydrogen-bond donors (Lipinski definition) is 1. The number of hydrogen-bond acceptors (Lipinski definition) is 3. The van der Waals surface area contributed by atoms with Crippen molar-refractivity contribution in [1.29, 1.82) is 0 Å². The Morgan fingerprint density at radius 2 is 0.943 bits per heavy atom. The van der Waals surface area contributed by atoms with Gasteiger partial charge < -0.3 is 10.7 Å². The molecule has 0 heterocycles. The summed E-state index contributed by atoms with van der Waals surface area (Å²) in [6.07, 6.45) is 8.59. The molecule has 0 saturated carbocycles. The van der Waals surface area contributed by atoms with Crippen LogP contribution in [0.4, 0.5) is 0 Å². The average Bonchev–Trinajstić information content (AvgIpc) is 2.65. The Kier molecular flexibility index (Phi) is 15.6. The van der Waals surface area contributed by atoms with Gasteiger partial charge in [-0.05, 0) is 104 Å². The Labute approximate surface area is 218 Å². The molecule has 0 fully saturated rings. The number of quaternary nitrogens is 1. The molecule has 7 unspecified atom stereocenters. The first-order valence-electron chi connectivity index (χ1n) is 13.7. The minimum atomic E-state index is -4.44. The molecule has 0 saturated heterocycles. The van der Waals surface area contributed by atoms with Gasteiger partial charge in [0.15, 0.2) is 0 Å². The largest absolute Gasteiger partial charge is 0.744 e. The van der Waals surface area contributed by atoms with Crippen LogP contribution in [-0.2, 0) is 10.1 Å². The topological polar surface area (TPSA) is 93.7 Å². The van der Waals surface area contributed by atoms with E-state index >= 15 is 0 Å². The van der Waals surface area contributed by atoms with Gasteiger partial charge in [-0.15, -0.1) is 0 Å². The van der Waals surface area contributed by atoms with Crippen LogP contribution in [0.15, 0.2) is 29.2 Å². The standard InChI is InChI=1S/C30H54O3S.H3N/c1-21(2)14-22(3)15-23(4)16-24(5)17-25(6)18-26(7)19-27(8)20-28(9)29-12-10-11-13-30(29)34(31,32)33;/h10-13,21-28H,14-20H2,1-9H3,(H,31,32,33);1H3. The summed E-state index contributed by atoms with van der Waals surface area (Å²) in [7, 11) is -4.44. The van der Waals surface area contributed by atoms with E-state index in [1.807, 2.05) is 13.0 Å². The van der Waals surface area contributed by atoms with Crippen molar-refractivity contribution in [2.24, 2.45) is 41.4 Å². The first-order chi connectivity index (χ1) is 15.7. The van der Waals surface area contributed by atoms with Crippen LogP contribution in [-0.4, -0.2) is 13.0 Å². The smallest absolute Gasteiger partial charge is 0.124 e. The molecule has 0 aromatic heterocycles. The van der Waals surface area contributed by atoms with Crippen LogP contribution < -0.4 is 6.15 Å². The van der Waals surface area contributed by atoms with Gasteiger partial charge >= 0.3 is 0 Å². The number of benzene rings is 1. The van der Waals surface area contributed by atoms with Crippen molar-refractivity contribution in [1.82, 2.24) is 6.15 Å². The van der Waals surface area contributed by atoms with Crippen molar-refractivity contribution in [2.75, 3.05) is 0 Å². The fourth-order valence-electron chi connectivity index (χ4n) is 6.66. The third kappa shape index (κ3) is 13.8. The minimum absolute atomic E-state index is 0. The molecule has 4 nitrogen and oxygen atoms in total. The fraction of sp³-hybridized carbons (Fsp3) is 0.800. The van der Waals surface area contributed by atoms with Crippen LogP contribution in [0.3, 0.4) is 0 Å². The van der Waals surface area contributed by atoms with E-state index in [2.05, 4.69) is 55.4 Å². The predicted molar refractivity (Wildman–Crippen MR) is 151 cm³/mol. The molecule has 0 aliphatic heterocycles. The summed E-state index contributed by atoms with van der Waals surface area (Å²) in [6.45, 7) is 21.0. The first-order valence-corrected chi connectivity index (χ1v) is 15.1. The second-order valence-electron chi connectivity index (χ2n) is 12.6. The molecule has 1 rings (SSSR count). The van der Waals surface area contributed by atoms with Gasteiger partial charge in [0.1, 0.15) is 10.1 Å². The third-order valence-corrected chi connectivity index (χ3v) is 8.28. The van der Waals surface area contributed by atoms with Crippen LogP contribution in [0.25, 0.3) is 0 Å². The molecule has 4 N–H and O–H groups in total. The second-order valence-corrected chi connectivity index (χ2v) is 13.9. The van der Waals surface area contributed by atoms with Crippen LogP contribution in [0.2, 0.25) is 0 Å². The Morgan fingerprint density at radius 3 is 1.31 bits per heavy atom. The summed E-state index contributed by atoms with van der Waals surface area (Å²) >= 11 is 0. The van der Waals surface area contributed by atoms with Crippen LogP contribution in [0, 0.1) is 41.4 Å². The number of rotatable bonds is 16. The maximum Gasteiger partial charge on any atom is 0.124 e. The van der Waals surface area contributed by atoms with Gasteiger partial charge in [0.2, 0.25) is 0 Å². The maximum atomic E-state index is 11.6. The molecule has 0 spiro atoms. The highest BCUT2D eigenvalue weighted by molar-refractivity contribution is 7.85. The van der Waals surface area contributed by atoms with Gasteiger partial charge in [-0.3, -0.25) is 0 Å². The lowest BCUT2D eigenvalue weighted by molar-refractivity contribution is 0.262. The van der Waals surface area contributed by atoms with Crippen LogP contribution in [0.5, 0.6) is 0 Å². The molecular formula is C30H57NO3S. The SMILES string of the molecule is CC(C)CC(C)CC(C)CC(C)CC(C)CC(C)CC(C)CC(C)c1ccccc1S(=O)(=O)[O-].[NH4+]. The van der Waals surface area contributed by atoms with Gasteiger partial charge in [-0.1, -0.05) is 80.5 Å². The van der Waals surface area contributed by atoms with Crippen LogP contribution in [0.1, 0.15) is 119 Å². The lowest BCUT2D eigenvalue weighted by Gasteiger charge is -2.26. The van der Waals surface area contributed by atoms with E-state index < -0.39 is 10.1 Å². The normalized spacial score (nSPS) is 18.3. The van der Waals surface area contributed by atoms with E-state index in [1.54, 1.807) is 12.1 Å². The Balaban J connectivity index is 0.0000116. The summed E-state index contributed by atoms with van der Waals surface area (Å²) in [5.74, 6) is 5.10. The third-order valence-electron chi connectivity index (χ3n) is 7.37. The summed E-state index contributed by atoms with van der Waals surface area (Å²) in [4.78, 5) is -0.0572. The lowest BCUT2D eigenvalue weighted by atomic mass is 9.80. The molecule has 0 aliphatic rings. The summed E-state index contributed by atoms with van der Waals surface area (Å²) in [5.41, 5.74) is 0.663. The quantitative estimate of drug-likeness (QED) is 0.224. The minimum Gasteiger partial charge on any atom is -0.744 e. The van der Waals surface area contributed by atoms with Gasteiger partial charge in [-0.25, -0.2) is 8.42 Å². The molecule has 35 heavy (non-hydrogen) atoms. The second kappa shape index (κ2) is 16.0. The summed E-state index contributed by atoms with van der Waals surface area (Å²) < 4.78 is 34.9. The molecule has 1 aromatic rings. The van der Waals surface area contributed by atoms with Gasteiger partial charge in [-0.2, -0.15) is 0 Å². The molecule has 0 bridgehead atoms. The molecule has 0 aliphatic carbocycles. The predicted octanol–water partition coefficient (Wildman–Crippen LogP) is 9.27. The van der Waals surface area contributed by atoms with E-state index in [0.717, 1.165) is 42.4 Å². The van der Waals surface area contributed by atoms with Crippen molar-refractivity contribution in [2.45, 2.75) is 118 Å². The molecule has 206 valence electrons. The van der Waals surface area contributed by atoms with Gasteiger partial charge in [0, 0.05) is 0 Å². The Hall–Kier alpha value is -0.910. The lowest BCUT2D eigenvalue weighted by Crippen LogP contribution is -2.14. The fourth-order valence-corrected chi connectivity index (χ4v) is 7.47. The molecule has 0 amide bonds. The monoisotopic (exact) mass is 511 g/mol. The zero-order chi connectivity index (χ0) is 26.1. The van der Waals surface area contributed by atoms with Crippen LogP contribution >= 0.6 is 0 Å². The average molecular weight is 512 g/mol. The zero-order valence-corrected chi connectivity index (χ0v) is 25.3. The van der Waals surface area contributed by atoms with E-state index in [-0.39, 0.29) is 17.0 Å². The summed E-state index contributed by atoms with van der Waals surface area (Å²) in [5, 5.41) is 0. The van der Waals surface area contributed by atoms with Crippen molar-refractivity contribution >= 4 is 10.1 Å². The van der Waals surface area contributed by atoms with E-state index in [4.69, 9.17) is 0 Å². The zero-order valence-electron chi connectivity index (χ0n) is 24.5. The summed E-state index contributed by atoms with van der Waals surface area (Å²) in [6, 6.07) is 6.68. The van der Waals surface area contributed by atoms with Crippen molar-refractivity contribution in [3.05, 3.63) is 29.8 Å². The highest BCUT2D eigenvalue weighted by atomic mass is 32.2. The first kappa shape index (κ1) is 34.1.